The van der Waals surface area contributed by atoms with Crippen LogP contribution in [-0.4, -0.2) is 11.9 Å². The molecular formula is C14H18F2N2O. The summed E-state index contributed by atoms with van der Waals surface area (Å²) in [5.74, 6) is -2.02. The Kier molecular flexibility index (Phi) is 4.02. The van der Waals surface area contributed by atoms with Crippen molar-refractivity contribution >= 4 is 11.6 Å². The molecule has 5 heteroatoms. The lowest BCUT2D eigenvalue weighted by atomic mass is 10.00. The molecule has 0 aliphatic heterocycles. The average Bonchev–Trinajstić information content (AvgIpc) is 2.79. The highest BCUT2D eigenvalue weighted by Gasteiger charge is 2.26. The van der Waals surface area contributed by atoms with E-state index in [-0.39, 0.29) is 17.3 Å². The maximum Gasteiger partial charge on any atom is 0.251 e. The number of nitrogens with two attached hydrogens (primary N) is 1. The van der Waals surface area contributed by atoms with Crippen molar-refractivity contribution in [2.75, 3.05) is 5.32 Å². The molecule has 1 aromatic carbocycles. The van der Waals surface area contributed by atoms with Gasteiger partial charge in [-0.1, -0.05) is 19.8 Å². The van der Waals surface area contributed by atoms with Crippen molar-refractivity contribution in [2.45, 2.75) is 38.6 Å². The Morgan fingerprint density at radius 2 is 2.11 bits per heavy atom. The van der Waals surface area contributed by atoms with E-state index >= 15 is 0 Å². The van der Waals surface area contributed by atoms with Gasteiger partial charge in [-0.15, -0.1) is 0 Å². The predicted molar refractivity (Wildman–Crippen MR) is 69.9 cm³/mol. The molecular weight excluding hydrogens is 250 g/mol. The lowest BCUT2D eigenvalue weighted by molar-refractivity contribution is 0.0996. The number of hydrogen-bond acceptors (Lipinski definition) is 2. The maximum atomic E-state index is 13.7. The molecule has 19 heavy (non-hydrogen) atoms. The standard InChI is InChI=1S/C14H18F2N2O/c1-2-8-4-3-5-12(8)18-13-6-9(14(17)19)10(15)7-11(13)16/h6-8,12,18H,2-5H2,1H3,(H2,17,19). The van der Waals surface area contributed by atoms with Crippen LogP contribution in [0.3, 0.4) is 0 Å². The number of amides is 1. The Balaban J connectivity index is 2.24. The van der Waals surface area contributed by atoms with Gasteiger partial charge in [0, 0.05) is 12.1 Å². The van der Waals surface area contributed by atoms with Crippen molar-refractivity contribution < 1.29 is 13.6 Å². The van der Waals surface area contributed by atoms with Crippen molar-refractivity contribution in [2.24, 2.45) is 11.7 Å². The third-order valence-corrected chi connectivity index (χ3v) is 3.85. The van der Waals surface area contributed by atoms with Crippen molar-refractivity contribution in [3.8, 4) is 0 Å². The second-order valence-electron chi connectivity index (χ2n) is 5.03. The van der Waals surface area contributed by atoms with Crippen LogP contribution in [0.2, 0.25) is 0 Å². The van der Waals surface area contributed by atoms with Crippen LogP contribution in [-0.2, 0) is 0 Å². The van der Waals surface area contributed by atoms with Gasteiger partial charge in [-0.2, -0.15) is 0 Å². The zero-order valence-corrected chi connectivity index (χ0v) is 10.9. The number of primary amides is 1. The number of benzene rings is 1. The average molecular weight is 268 g/mol. The number of carbonyl (C=O) groups is 1. The number of nitrogens with one attached hydrogen (secondary N) is 1. The summed E-state index contributed by atoms with van der Waals surface area (Å²) in [6.07, 6.45) is 4.19. The predicted octanol–water partition coefficient (Wildman–Crippen LogP) is 3.05. The molecule has 3 N–H and O–H groups in total. The molecule has 1 aliphatic rings. The summed E-state index contributed by atoms with van der Waals surface area (Å²) in [6.45, 7) is 2.10. The van der Waals surface area contributed by atoms with Crippen molar-refractivity contribution in [1.29, 1.82) is 0 Å². The summed E-state index contributed by atoms with van der Waals surface area (Å²) in [4.78, 5) is 11.1. The normalized spacial score (nSPS) is 22.5. The maximum absolute atomic E-state index is 13.7. The van der Waals surface area contributed by atoms with E-state index in [2.05, 4.69) is 12.2 Å². The molecule has 1 amide bonds. The van der Waals surface area contributed by atoms with Crippen molar-refractivity contribution in [3.05, 3.63) is 29.3 Å². The monoisotopic (exact) mass is 268 g/mol. The molecule has 104 valence electrons. The van der Waals surface area contributed by atoms with Crippen LogP contribution in [0, 0.1) is 17.6 Å². The molecule has 0 spiro atoms. The van der Waals surface area contributed by atoms with Crippen LogP contribution in [0.1, 0.15) is 43.0 Å². The van der Waals surface area contributed by atoms with Crippen LogP contribution >= 0.6 is 0 Å². The van der Waals surface area contributed by atoms with Gasteiger partial charge in [0.15, 0.2) is 0 Å². The second kappa shape index (κ2) is 5.55. The Bertz CT molecular complexity index is 491. The first-order chi connectivity index (χ1) is 9.02. The smallest absolute Gasteiger partial charge is 0.251 e. The molecule has 0 bridgehead atoms. The van der Waals surface area contributed by atoms with E-state index in [1.807, 2.05) is 0 Å². The number of halogens is 2. The zero-order chi connectivity index (χ0) is 14.0. The van der Waals surface area contributed by atoms with Crippen LogP contribution in [0.4, 0.5) is 14.5 Å². The number of carbonyl (C=O) groups excluding carboxylic acids is 1. The zero-order valence-electron chi connectivity index (χ0n) is 10.9. The molecule has 0 radical (unpaired) electrons. The minimum absolute atomic E-state index is 0.153. The molecule has 2 rings (SSSR count). The van der Waals surface area contributed by atoms with E-state index in [1.165, 1.54) is 0 Å². The van der Waals surface area contributed by atoms with Gasteiger partial charge in [0.05, 0.1) is 11.3 Å². The highest BCUT2D eigenvalue weighted by molar-refractivity contribution is 5.94. The van der Waals surface area contributed by atoms with Gasteiger partial charge in [0.1, 0.15) is 11.6 Å². The Morgan fingerprint density at radius 1 is 1.37 bits per heavy atom. The Labute approximate surface area is 111 Å². The molecule has 1 fully saturated rings. The first-order valence-electron chi connectivity index (χ1n) is 6.58. The minimum Gasteiger partial charge on any atom is -0.380 e. The lowest BCUT2D eigenvalue weighted by Gasteiger charge is -2.21. The van der Waals surface area contributed by atoms with E-state index in [0.29, 0.717) is 12.0 Å². The molecule has 3 nitrogen and oxygen atoms in total. The van der Waals surface area contributed by atoms with Crippen LogP contribution < -0.4 is 11.1 Å². The highest BCUT2D eigenvalue weighted by Crippen LogP contribution is 2.32. The van der Waals surface area contributed by atoms with Crippen LogP contribution in [0.5, 0.6) is 0 Å². The van der Waals surface area contributed by atoms with Gasteiger partial charge in [0.25, 0.3) is 5.91 Å². The third kappa shape index (κ3) is 2.85. The fourth-order valence-corrected chi connectivity index (χ4v) is 2.76. The Hall–Kier alpha value is -1.65. The summed E-state index contributed by atoms with van der Waals surface area (Å²) in [7, 11) is 0. The first kappa shape index (κ1) is 13.8. The topological polar surface area (TPSA) is 55.1 Å². The second-order valence-corrected chi connectivity index (χ2v) is 5.03. The van der Waals surface area contributed by atoms with E-state index in [1.54, 1.807) is 0 Å². The summed E-state index contributed by atoms with van der Waals surface area (Å²) in [5.41, 5.74) is 4.94. The molecule has 1 aliphatic carbocycles. The van der Waals surface area contributed by atoms with Gasteiger partial charge in [0.2, 0.25) is 0 Å². The minimum atomic E-state index is -0.922. The molecule has 1 aromatic rings. The molecule has 1 saturated carbocycles. The Morgan fingerprint density at radius 3 is 2.74 bits per heavy atom. The van der Waals surface area contributed by atoms with E-state index in [0.717, 1.165) is 31.7 Å². The van der Waals surface area contributed by atoms with E-state index in [9.17, 15) is 13.6 Å². The highest BCUT2D eigenvalue weighted by atomic mass is 19.1. The fourth-order valence-electron chi connectivity index (χ4n) is 2.76. The summed E-state index contributed by atoms with van der Waals surface area (Å²) in [5, 5.41) is 3.08. The van der Waals surface area contributed by atoms with Gasteiger partial charge in [-0.3, -0.25) is 4.79 Å². The SMILES string of the molecule is CCC1CCCC1Nc1cc(C(N)=O)c(F)cc1F. The molecule has 0 heterocycles. The van der Waals surface area contributed by atoms with Crippen molar-refractivity contribution in [1.82, 2.24) is 0 Å². The van der Waals surface area contributed by atoms with Crippen molar-refractivity contribution in [3.63, 3.8) is 0 Å². The van der Waals surface area contributed by atoms with Gasteiger partial charge in [-0.05, 0) is 24.8 Å². The summed E-state index contributed by atoms with van der Waals surface area (Å²) >= 11 is 0. The molecule has 2 unspecified atom stereocenters. The third-order valence-electron chi connectivity index (χ3n) is 3.85. The number of hydrogen-bond donors (Lipinski definition) is 2. The van der Waals surface area contributed by atoms with Gasteiger partial charge in [-0.25, -0.2) is 8.78 Å². The first-order valence-corrected chi connectivity index (χ1v) is 6.58. The van der Waals surface area contributed by atoms with E-state index < -0.39 is 17.5 Å². The summed E-state index contributed by atoms with van der Waals surface area (Å²) in [6, 6.07) is 2.04. The summed E-state index contributed by atoms with van der Waals surface area (Å²) < 4.78 is 27.1. The largest absolute Gasteiger partial charge is 0.380 e. The quantitative estimate of drug-likeness (QED) is 0.881. The number of rotatable bonds is 4. The number of anilines is 1. The van der Waals surface area contributed by atoms with Crippen LogP contribution in [0.15, 0.2) is 12.1 Å². The van der Waals surface area contributed by atoms with Gasteiger partial charge < -0.3 is 11.1 Å². The molecule has 0 saturated heterocycles. The fraction of sp³-hybridized carbons (Fsp3) is 0.500. The van der Waals surface area contributed by atoms with E-state index in [4.69, 9.17) is 5.73 Å². The van der Waals surface area contributed by atoms with Gasteiger partial charge >= 0.3 is 0 Å². The van der Waals surface area contributed by atoms with Crippen LogP contribution in [0.25, 0.3) is 0 Å². The lowest BCUT2D eigenvalue weighted by Crippen LogP contribution is -2.24. The molecule has 0 aromatic heterocycles. The molecule has 2 atom stereocenters.